The first-order chi connectivity index (χ1) is 9.58. The van der Waals surface area contributed by atoms with Crippen LogP contribution in [-0.4, -0.2) is 34.6 Å². The lowest BCUT2D eigenvalue weighted by molar-refractivity contribution is -0.384. The maximum absolute atomic E-state index is 12.1. The van der Waals surface area contributed by atoms with Crippen molar-refractivity contribution in [1.82, 2.24) is 4.90 Å². The fraction of sp³-hybridized carbons (Fsp3) is 0.429. The van der Waals surface area contributed by atoms with Gasteiger partial charge in [0.05, 0.1) is 11.5 Å². The van der Waals surface area contributed by atoms with E-state index in [2.05, 4.69) is 0 Å². The zero-order valence-electron chi connectivity index (χ0n) is 11.1. The number of hydrogen-bond acceptors (Lipinski definition) is 4. The first-order valence-electron chi connectivity index (χ1n) is 6.63. The number of non-ortho nitro benzene ring substituents is 1. The Labute approximate surface area is 116 Å². The molecule has 0 aromatic heterocycles. The van der Waals surface area contributed by atoms with E-state index < -0.39 is 4.92 Å². The van der Waals surface area contributed by atoms with Crippen molar-refractivity contribution < 1.29 is 14.5 Å². The summed E-state index contributed by atoms with van der Waals surface area (Å²) < 4.78 is 0. The summed E-state index contributed by atoms with van der Waals surface area (Å²) >= 11 is 0. The topological polar surface area (TPSA) is 80.5 Å². The third kappa shape index (κ3) is 3.40. The molecule has 1 saturated heterocycles. The number of nitrogens with zero attached hydrogens (tertiary/aromatic N) is 2. The van der Waals surface area contributed by atoms with E-state index >= 15 is 0 Å². The fourth-order valence-electron chi connectivity index (χ4n) is 2.24. The number of carbonyl (C=O) groups excluding carboxylic acids is 2. The molecule has 20 heavy (non-hydrogen) atoms. The second-order valence-electron chi connectivity index (χ2n) is 4.85. The van der Waals surface area contributed by atoms with Gasteiger partial charge in [0.15, 0.2) is 5.78 Å². The van der Waals surface area contributed by atoms with Crippen LogP contribution in [0.4, 0.5) is 5.69 Å². The van der Waals surface area contributed by atoms with Crippen LogP contribution in [0.2, 0.25) is 0 Å². The van der Waals surface area contributed by atoms with E-state index in [4.69, 9.17) is 0 Å². The fourth-order valence-corrected chi connectivity index (χ4v) is 2.24. The smallest absolute Gasteiger partial charge is 0.269 e. The van der Waals surface area contributed by atoms with E-state index in [0.29, 0.717) is 18.5 Å². The monoisotopic (exact) mass is 276 g/mol. The van der Waals surface area contributed by atoms with Crippen molar-refractivity contribution in [2.24, 2.45) is 0 Å². The second kappa shape index (κ2) is 6.27. The molecule has 1 aromatic carbocycles. The molecule has 106 valence electrons. The van der Waals surface area contributed by atoms with E-state index in [1.807, 2.05) is 0 Å². The van der Waals surface area contributed by atoms with Crippen LogP contribution in [0.25, 0.3) is 0 Å². The third-order valence-electron chi connectivity index (χ3n) is 3.41. The predicted molar refractivity (Wildman–Crippen MR) is 72.5 cm³/mol. The Balaban J connectivity index is 2.03. The number of hydrogen-bond donors (Lipinski definition) is 0. The van der Waals surface area contributed by atoms with Crippen LogP contribution in [0.5, 0.6) is 0 Å². The summed E-state index contributed by atoms with van der Waals surface area (Å²) in [6, 6.07) is 5.47. The molecule has 0 unspecified atom stereocenters. The molecule has 0 aliphatic carbocycles. The number of amides is 1. The van der Waals surface area contributed by atoms with Gasteiger partial charge in [-0.15, -0.1) is 0 Å². The minimum absolute atomic E-state index is 0.0118. The zero-order chi connectivity index (χ0) is 14.5. The van der Waals surface area contributed by atoms with Gasteiger partial charge in [0.25, 0.3) is 5.69 Å². The zero-order valence-corrected chi connectivity index (χ0v) is 11.1. The van der Waals surface area contributed by atoms with E-state index in [0.717, 1.165) is 19.3 Å². The Morgan fingerprint density at radius 1 is 1.20 bits per heavy atom. The molecule has 0 saturated carbocycles. The van der Waals surface area contributed by atoms with Crippen molar-refractivity contribution in [3.8, 4) is 0 Å². The normalized spacial score (nSPS) is 15.8. The highest BCUT2D eigenvalue weighted by Crippen LogP contribution is 2.15. The molecule has 1 aliphatic rings. The summed E-state index contributed by atoms with van der Waals surface area (Å²) in [5.41, 5.74) is 0.347. The minimum Gasteiger partial charge on any atom is -0.335 e. The summed E-state index contributed by atoms with van der Waals surface area (Å²) in [6.45, 7) is 0.661. The van der Waals surface area contributed by atoms with E-state index in [9.17, 15) is 19.7 Å². The van der Waals surface area contributed by atoms with Crippen LogP contribution in [-0.2, 0) is 4.79 Å². The van der Waals surface area contributed by atoms with Crippen molar-refractivity contribution in [3.05, 3.63) is 39.9 Å². The molecule has 6 heteroatoms. The highest BCUT2D eigenvalue weighted by molar-refractivity contribution is 5.99. The van der Waals surface area contributed by atoms with Gasteiger partial charge in [-0.1, -0.05) is 6.42 Å². The number of carbonyl (C=O) groups is 2. The van der Waals surface area contributed by atoms with Gasteiger partial charge in [0.1, 0.15) is 0 Å². The minimum atomic E-state index is -0.507. The summed E-state index contributed by atoms with van der Waals surface area (Å²) in [5, 5.41) is 10.5. The number of Topliss-reactive ketones (excluding diaryl/α,β-unsaturated/α-hetero) is 1. The summed E-state index contributed by atoms with van der Waals surface area (Å²) in [7, 11) is 0. The average Bonchev–Trinajstić information content (AvgIpc) is 2.64. The summed E-state index contributed by atoms with van der Waals surface area (Å²) in [6.07, 6.45) is 3.29. The Kier molecular flexibility index (Phi) is 4.45. The molecule has 0 atom stereocenters. The van der Waals surface area contributed by atoms with Crippen molar-refractivity contribution >= 4 is 17.4 Å². The molecule has 6 nitrogen and oxygen atoms in total. The molecule has 1 aromatic rings. The van der Waals surface area contributed by atoms with Crippen LogP contribution in [0.3, 0.4) is 0 Å². The van der Waals surface area contributed by atoms with Crippen LogP contribution in [0.1, 0.15) is 36.0 Å². The number of nitro benzene ring substituents is 1. The van der Waals surface area contributed by atoms with Crippen LogP contribution in [0.15, 0.2) is 24.3 Å². The molecule has 0 bridgehead atoms. The molecule has 1 aliphatic heterocycles. The Bertz CT molecular complexity index is 524. The molecular formula is C14H16N2O4. The number of nitro groups is 1. The van der Waals surface area contributed by atoms with Gasteiger partial charge in [-0.25, -0.2) is 0 Å². The molecular weight excluding hydrogens is 260 g/mol. The first-order valence-corrected chi connectivity index (χ1v) is 6.63. The Morgan fingerprint density at radius 2 is 1.90 bits per heavy atom. The van der Waals surface area contributed by atoms with Crippen LogP contribution < -0.4 is 0 Å². The van der Waals surface area contributed by atoms with Gasteiger partial charge in [0.2, 0.25) is 5.91 Å². The SMILES string of the molecule is O=C(CN1CCCCCC1=O)c1ccc([N+](=O)[O-])cc1. The van der Waals surface area contributed by atoms with E-state index in [1.165, 1.54) is 24.3 Å². The molecule has 0 spiro atoms. The molecule has 1 fully saturated rings. The Morgan fingerprint density at radius 3 is 2.55 bits per heavy atom. The lowest BCUT2D eigenvalue weighted by atomic mass is 10.1. The number of likely N-dealkylation sites (tertiary alicyclic amines) is 1. The van der Waals surface area contributed by atoms with Gasteiger partial charge in [-0.3, -0.25) is 19.7 Å². The van der Waals surface area contributed by atoms with E-state index in [1.54, 1.807) is 4.90 Å². The third-order valence-corrected chi connectivity index (χ3v) is 3.41. The lowest BCUT2D eigenvalue weighted by Crippen LogP contribution is -2.35. The van der Waals surface area contributed by atoms with Gasteiger partial charge in [0, 0.05) is 30.7 Å². The number of ketones is 1. The highest BCUT2D eigenvalue weighted by atomic mass is 16.6. The number of benzene rings is 1. The Hall–Kier alpha value is -2.24. The van der Waals surface area contributed by atoms with Gasteiger partial charge in [-0.05, 0) is 25.0 Å². The summed E-state index contributed by atoms with van der Waals surface area (Å²) in [5.74, 6) is -0.173. The van der Waals surface area contributed by atoms with Crippen LogP contribution >= 0.6 is 0 Å². The van der Waals surface area contributed by atoms with Crippen molar-refractivity contribution in [1.29, 1.82) is 0 Å². The highest BCUT2D eigenvalue weighted by Gasteiger charge is 2.20. The van der Waals surface area contributed by atoms with E-state index in [-0.39, 0.29) is 23.9 Å². The number of rotatable bonds is 4. The first kappa shape index (κ1) is 14.2. The van der Waals surface area contributed by atoms with Crippen LogP contribution in [0, 0.1) is 10.1 Å². The van der Waals surface area contributed by atoms with Gasteiger partial charge < -0.3 is 4.90 Å². The van der Waals surface area contributed by atoms with Gasteiger partial charge >= 0.3 is 0 Å². The quantitative estimate of drug-likeness (QED) is 0.479. The molecule has 0 N–H and O–H groups in total. The molecule has 1 amide bonds. The van der Waals surface area contributed by atoms with Crippen molar-refractivity contribution in [2.45, 2.75) is 25.7 Å². The largest absolute Gasteiger partial charge is 0.335 e. The second-order valence-corrected chi connectivity index (χ2v) is 4.85. The molecule has 0 radical (unpaired) electrons. The molecule has 2 rings (SSSR count). The molecule has 1 heterocycles. The summed E-state index contributed by atoms with van der Waals surface area (Å²) in [4.78, 5) is 35.5. The predicted octanol–water partition coefficient (Wildman–Crippen LogP) is 2.18. The maximum Gasteiger partial charge on any atom is 0.269 e. The lowest BCUT2D eigenvalue weighted by Gasteiger charge is -2.19. The van der Waals surface area contributed by atoms with Gasteiger partial charge in [-0.2, -0.15) is 0 Å². The van der Waals surface area contributed by atoms with Crippen molar-refractivity contribution in [2.75, 3.05) is 13.1 Å². The standard InChI is InChI=1S/C14H16N2O4/c17-13(10-15-9-3-1-2-4-14(15)18)11-5-7-12(8-6-11)16(19)20/h5-8H,1-4,9-10H2. The van der Waals surface area contributed by atoms with Crippen molar-refractivity contribution in [3.63, 3.8) is 0 Å². The average molecular weight is 276 g/mol. The maximum atomic E-state index is 12.1.